The van der Waals surface area contributed by atoms with E-state index in [1.165, 1.54) is 0 Å². The van der Waals surface area contributed by atoms with Crippen LogP contribution in [0.4, 0.5) is 5.69 Å². The lowest BCUT2D eigenvalue weighted by atomic mass is 10.0. The SMILES string of the molecule is CCc1cccc(CC)c1N1C[C@@H](C(=O)OCC(=O)c2ccc(C)cc2)CC1=O. The molecule has 0 bridgehead atoms. The Kier molecular flexibility index (Phi) is 6.47. The van der Waals surface area contributed by atoms with Crippen molar-refractivity contribution in [1.82, 2.24) is 0 Å². The van der Waals surface area contributed by atoms with Gasteiger partial charge in [-0.25, -0.2) is 0 Å². The Labute approximate surface area is 171 Å². The second kappa shape index (κ2) is 9.03. The summed E-state index contributed by atoms with van der Waals surface area (Å²) < 4.78 is 5.25. The van der Waals surface area contributed by atoms with Gasteiger partial charge in [0.25, 0.3) is 0 Å². The maximum absolute atomic E-state index is 12.7. The Morgan fingerprint density at radius 2 is 1.66 bits per heavy atom. The van der Waals surface area contributed by atoms with Gasteiger partial charge in [0.2, 0.25) is 5.91 Å². The molecular weight excluding hydrogens is 366 g/mol. The summed E-state index contributed by atoms with van der Waals surface area (Å²) in [7, 11) is 0. The van der Waals surface area contributed by atoms with Gasteiger partial charge in [0, 0.05) is 24.2 Å². The van der Waals surface area contributed by atoms with E-state index in [0.29, 0.717) is 12.1 Å². The van der Waals surface area contributed by atoms with E-state index in [4.69, 9.17) is 4.74 Å². The molecule has 2 aromatic carbocycles. The fourth-order valence-electron chi connectivity index (χ4n) is 3.72. The minimum Gasteiger partial charge on any atom is -0.457 e. The highest BCUT2D eigenvalue weighted by Crippen LogP contribution is 2.32. The summed E-state index contributed by atoms with van der Waals surface area (Å²) in [6.45, 7) is 6.04. The third-order valence-corrected chi connectivity index (χ3v) is 5.41. The van der Waals surface area contributed by atoms with Crippen LogP contribution >= 0.6 is 0 Å². The molecule has 1 aliphatic heterocycles. The zero-order valence-electron chi connectivity index (χ0n) is 17.2. The topological polar surface area (TPSA) is 63.7 Å². The Balaban J connectivity index is 1.66. The summed E-state index contributed by atoms with van der Waals surface area (Å²) in [6, 6.07) is 13.2. The number of carbonyl (C=O) groups is 3. The summed E-state index contributed by atoms with van der Waals surface area (Å²) in [5, 5.41) is 0. The number of benzene rings is 2. The van der Waals surface area contributed by atoms with Crippen LogP contribution in [0.3, 0.4) is 0 Å². The van der Waals surface area contributed by atoms with Crippen LogP contribution in [-0.2, 0) is 27.2 Å². The number of ketones is 1. The normalized spacial score (nSPS) is 16.2. The van der Waals surface area contributed by atoms with Gasteiger partial charge in [0.1, 0.15) is 0 Å². The third kappa shape index (κ3) is 4.56. The average Bonchev–Trinajstić information content (AvgIpc) is 3.12. The molecule has 0 spiro atoms. The fraction of sp³-hybridized carbons (Fsp3) is 0.375. The number of hydrogen-bond donors (Lipinski definition) is 0. The molecule has 1 atom stereocenters. The number of rotatable bonds is 7. The van der Waals surface area contributed by atoms with Crippen molar-refractivity contribution in [1.29, 1.82) is 0 Å². The van der Waals surface area contributed by atoms with Gasteiger partial charge in [-0.2, -0.15) is 0 Å². The predicted octanol–water partition coefficient (Wildman–Crippen LogP) is 3.90. The largest absolute Gasteiger partial charge is 0.457 e. The van der Waals surface area contributed by atoms with Gasteiger partial charge >= 0.3 is 5.97 Å². The molecular formula is C24H27NO4. The van der Waals surface area contributed by atoms with E-state index in [1.54, 1.807) is 17.0 Å². The highest BCUT2D eigenvalue weighted by atomic mass is 16.5. The van der Waals surface area contributed by atoms with E-state index >= 15 is 0 Å². The van der Waals surface area contributed by atoms with Crippen LogP contribution in [0.2, 0.25) is 0 Å². The molecule has 1 heterocycles. The Bertz CT molecular complexity index is 895. The number of para-hydroxylation sites is 1. The van der Waals surface area contributed by atoms with Gasteiger partial charge in [-0.3, -0.25) is 14.4 Å². The number of amides is 1. The first-order valence-corrected chi connectivity index (χ1v) is 10.1. The van der Waals surface area contributed by atoms with E-state index in [2.05, 4.69) is 13.8 Å². The van der Waals surface area contributed by atoms with Crippen molar-refractivity contribution >= 4 is 23.3 Å². The molecule has 2 aromatic rings. The zero-order chi connectivity index (χ0) is 21.0. The van der Waals surface area contributed by atoms with Crippen molar-refractivity contribution in [3.05, 3.63) is 64.7 Å². The molecule has 5 nitrogen and oxygen atoms in total. The summed E-state index contributed by atoms with van der Waals surface area (Å²) in [4.78, 5) is 39.1. The minimum atomic E-state index is -0.553. The van der Waals surface area contributed by atoms with E-state index in [1.807, 2.05) is 37.3 Å². The van der Waals surface area contributed by atoms with E-state index < -0.39 is 11.9 Å². The third-order valence-electron chi connectivity index (χ3n) is 5.41. The van der Waals surface area contributed by atoms with Crippen LogP contribution in [0.1, 0.15) is 47.3 Å². The van der Waals surface area contributed by atoms with Gasteiger partial charge in [-0.1, -0.05) is 61.9 Å². The molecule has 3 rings (SSSR count). The lowest BCUT2D eigenvalue weighted by Gasteiger charge is -2.23. The van der Waals surface area contributed by atoms with E-state index in [0.717, 1.165) is 35.2 Å². The Morgan fingerprint density at radius 1 is 1.03 bits per heavy atom. The van der Waals surface area contributed by atoms with Crippen LogP contribution < -0.4 is 4.90 Å². The average molecular weight is 393 g/mol. The molecule has 29 heavy (non-hydrogen) atoms. The van der Waals surface area contributed by atoms with Crippen molar-refractivity contribution in [2.45, 2.75) is 40.0 Å². The molecule has 1 amide bonds. The molecule has 0 saturated carbocycles. The molecule has 152 valence electrons. The number of nitrogens with zero attached hydrogens (tertiary/aromatic N) is 1. The number of aryl methyl sites for hydroxylation is 3. The van der Waals surface area contributed by atoms with Crippen molar-refractivity contribution in [3.8, 4) is 0 Å². The molecule has 0 N–H and O–H groups in total. The number of esters is 1. The van der Waals surface area contributed by atoms with Gasteiger partial charge < -0.3 is 9.64 Å². The maximum Gasteiger partial charge on any atom is 0.311 e. The molecule has 0 radical (unpaired) electrons. The van der Waals surface area contributed by atoms with Crippen LogP contribution in [0.5, 0.6) is 0 Å². The summed E-state index contributed by atoms with van der Waals surface area (Å²) >= 11 is 0. The van der Waals surface area contributed by atoms with Crippen LogP contribution in [0, 0.1) is 12.8 Å². The summed E-state index contributed by atoms with van der Waals surface area (Å²) in [5.41, 5.74) is 4.69. The van der Waals surface area contributed by atoms with Crippen molar-refractivity contribution < 1.29 is 19.1 Å². The van der Waals surface area contributed by atoms with Gasteiger partial charge in [-0.05, 0) is 30.9 Å². The van der Waals surface area contributed by atoms with Crippen LogP contribution in [0.15, 0.2) is 42.5 Å². The quantitative estimate of drug-likeness (QED) is 0.529. The van der Waals surface area contributed by atoms with Crippen LogP contribution in [0.25, 0.3) is 0 Å². The van der Waals surface area contributed by atoms with E-state index in [-0.39, 0.29) is 24.7 Å². The van der Waals surface area contributed by atoms with Gasteiger partial charge in [0.15, 0.2) is 12.4 Å². The van der Waals surface area contributed by atoms with Crippen molar-refractivity contribution in [3.63, 3.8) is 0 Å². The van der Waals surface area contributed by atoms with Crippen molar-refractivity contribution in [2.24, 2.45) is 5.92 Å². The molecule has 1 aliphatic rings. The predicted molar refractivity (Wildman–Crippen MR) is 112 cm³/mol. The number of hydrogen-bond acceptors (Lipinski definition) is 4. The van der Waals surface area contributed by atoms with Gasteiger partial charge in [0.05, 0.1) is 5.92 Å². The molecule has 0 unspecified atom stereocenters. The first-order valence-electron chi connectivity index (χ1n) is 10.1. The molecule has 1 fully saturated rings. The monoisotopic (exact) mass is 393 g/mol. The Hall–Kier alpha value is -2.95. The first-order chi connectivity index (χ1) is 13.9. The summed E-state index contributed by atoms with van der Waals surface area (Å²) in [5.74, 6) is -1.37. The Morgan fingerprint density at radius 3 is 2.24 bits per heavy atom. The maximum atomic E-state index is 12.7. The standard InChI is InChI=1S/C24H27NO4/c1-4-17-7-6-8-18(5-2)23(17)25-14-20(13-22(25)27)24(28)29-15-21(26)19-11-9-16(3)10-12-19/h6-12,20H,4-5,13-15H2,1-3H3/t20-/m0/s1. The highest BCUT2D eigenvalue weighted by molar-refractivity contribution is 6.01. The highest BCUT2D eigenvalue weighted by Gasteiger charge is 2.37. The smallest absolute Gasteiger partial charge is 0.311 e. The second-order valence-electron chi connectivity index (χ2n) is 7.43. The van der Waals surface area contributed by atoms with Crippen molar-refractivity contribution in [2.75, 3.05) is 18.1 Å². The number of anilines is 1. The number of ether oxygens (including phenoxy) is 1. The van der Waals surface area contributed by atoms with Gasteiger partial charge in [-0.15, -0.1) is 0 Å². The minimum absolute atomic E-state index is 0.0765. The van der Waals surface area contributed by atoms with E-state index in [9.17, 15) is 14.4 Å². The molecule has 0 aliphatic carbocycles. The number of carbonyl (C=O) groups excluding carboxylic acids is 3. The molecule has 5 heteroatoms. The first kappa shape index (κ1) is 20.8. The summed E-state index contributed by atoms with van der Waals surface area (Å²) in [6.07, 6.45) is 1.74. The lowest BCUT2D eigenvalue weighted by Crippen LogP contribution is -2.29. The molecule has 0 aromatic heterocycles. The van der Waals surface area contributed by atoms with Crippen LogP contribution in [-0.4, -0.2) is 30.8 Å². The zero-order valence-corrected chi connectivity index (χ0v) is 17.2. The fourth-order valence-corrected chi connectivity index (χ4v) is 3.72. The molecule has 1 saturated heterocycles. The number of Topliss-reactive ketones (excluding diaryl/α,β-unsaturated/α-hetero) is 1. The lowest BCUT2D eigenvalue weighted by molar-refractivity contribution is -0.147. The second-order valence-corrected chi connectivity index (χ2v) is 7.43.